The normalized spacial score (nSPS) is 13.0. The van der Waals surface area contributed by atoms with E-state index in [1.165, 1.54) is 18.2 Å². The van der Waals surface area contributed by atoms with Crippen LogP contribution in [0.3, 0.4) is 0 Å². The molecule has 6 heteroatoms. The van der Waals surface area contributed by atoms with Crippen molar-refractivity contribution < 1.29 is 17.6 Å². The van der Waals surface area contributed by atoms with Gasteiger partial charge < -0.3 is 5.32 Å². The Labute approximate surface area is 128 Å². The van der Waals surface area contributed by atoms with E-state index in [-0.39, 0.29) is 11.9 Å². The molecule has 0 aliphatic rings. The highest BCUT2D eigenvalue weighted by Crippen LogP contribution is 2.30. The lowest BCUT2D eigenvalue weighted by Gasteiger charge is -2.17. The highest BCUT2D eigenvalue weighted by molar-refractivity contribution is 9.10. The first-order valence-electron chi connectivity index (χ1n) is 6.16. The molecule has 2 rings (SSSR count). The summed E-state index contributed by atoms with van der Waals surface area (Å²) < 4.78 is 50.9. The first-order valence-corrected chi connectivity index (χ1v) is 6.95. The second kappa shape index (κ2) is 6.05. The van der Waals surface area contributed by atoms with Gasteiger partial charge >= 0.3 is 6.18 Å². The van der Waals surface area contributed by atoms with Crippen LogP contribution in [0.25, 0.3) is 0 Å². The zero-order valence-electron chi connectivity index (χ0n) is 11.0. The second-order valence-electron chi connectivity index (χ2n) is 4.61. The van der Waals surface area contributed by atoms with E-state index in [0.717, 1.165) is 17.7 Å². The molecular weight excluding hydrogens is 350 g/mol. The minimum atomic E-state index is -4.34. The van der Waals surface area contributed by atoms with Crippen molar-refractivity contribution in [2.24, 2.45) is 0 Å². The molecule has 0 bridgehead atoms. The maximum absolute atomic E-state index is 13.2. The SMILES string of the molecule is CC(Nc1ccc(C(F)(F)F)cc1)c1ccc(F)c(Br)c1. The summed E-state index contributed by atoms with van der Waals surface area (Å²) in [6.45, 7) is 1.84. The molecule has 1 nitrogen and oxygen atoms in total. The molecule has 0 saturated heterocycles. The standard InChI is InChI=1S/C15H12BrF4N/c1-9(10-2-7-14(17)13(16)8-10)21-12-5-3-11(4-6-12)15(18,19)20/h2-9,21H,1H3. The number of anilines is 1. The number of hydrogen-bond acceptors (Lipinski definition) is 1. The van der Waals surface area contributed by atoms with E-state index >= 15 is 0 Å². The third-order valence-electron chi connectivity index (χ3n) is 3.04. The van der Waals surface area contributed by atoms with E-state index < -0.39 is 11.7 Å². The Hall–Kier alpha value is -1.56. The van der Waals surface area contributed by atoms with Crippen LogP contribution in [-0.2, 0) is 6.18 Å². The fourth-order valence-corrected chi connectivity index (χ4v) is 2.27. The zero-order valence-corrected chi connectivity index (χ0v) is 12.6. The van der Waals surface area contributed by atoms with Gasteiger partial charge in [0.25, 0.3) is 0 Å². The predicted octanol–water partition coefficient (Wildman–Crippen LogP) is 5.78. The van der Waals surface area contributed by atoms with Crippen molar-refractivity contribution in [3.8, 4) is 0 Å². The van der Waals surface area contributed by atoms with Crippen LogP contribution in [0.4, 0.5) is 23.2 Å². The number of alkyl halides is 3. The third-order valence-corrected chi connectivity index (χ3v) is 3.65. The summed E-state index contributed by atoms with van der Waals surface area (Å²) in [6, 6.07) is 9.23. The van der Waals surface area contributed by atoms with Crippen molar-refractivity contribution in [3.05, 3.63) is 63.9 Å². The fraction of sp³-hybridized carbons (Fsp3) is 0.200. The Morgan fingerprint density at radius 2 is 1.67 bits per heavy atom. The highest BCUT2D eigenvalue weighted by Gasteiger charge is 2.29. The van der Waals surface area contributed by atoms with Crippen LogP contribution in [0.15, 0.2) is 46.9 Å². The molecule has 1 unspecified atom stereocenters. The maximum atomic E-state index is 13.2. The molecular formula is C15H12BrF4N. The molecule has 21 heavy (non-hydrogen) atoms. The Balaban J connectivity index is 2.12. The van der Waals surface area contributed by atoms with Crippen LogP contribution in [0.5, 0.6) is 0 Å². The first-order chi connectivity index (χ1) is 9.77. The van der Waals surface area contributed by atoms with Gasteiger partial charge in [-0.25, -0.2) is 4.39 Å². The van der Waals surface area contributed by atoms with Gasteiger partial charge in [-0.15, -0.1) is 0 Å². The van der Waals surface area contributed by atoms with Gasteiger partial charge in [0.2, 0.25) is 0 Å². The van der Waals surface area contributed by atoms with Crippen molar-refractivity contribution >= 4 is 21.6 Å². The smallest absolute Gasteiger partial charge is 0.379 e. The van der Waals surface area contributed by atoms with Crippen LogP contribution in [0.2, 0.25) is 0 Å². The van der Waals surface area contributed by atoms with Gasteiger partial charge in [0.05, 0.1) is 10.0 Å². The van der Waals surface area contributed by atoms with E-state index in [9.17, 15) is 17.6 Å². The summed E-state index contributed by atoms with van der Waals surface area (Å²) in [5, 5.41) is 3.07. The lowest BCUT2D eigenvalue weighted by atomic mass is 10.1. The van der Waals surface area contributed by atoms with Gasteiger partial charge in [-0.2, -0.15) is 13.2 Å². The summed E-state index contributed by atoms with van der Waals surface area (Å²) in [6.07, 6.45) is -4.34. The topological polar surface area (TPSA) is 12.0 Å². The van der Waals surface area contributed by atoms with Crippen LogP contribution in [0, 0.1) is 5.82 Å². The highest BCUT2D eigenvalue weighted by atomic mass is 79.9. The summed E-state index contributed by atoms with van der Waals surface area (Å²) >= 11 is 3.10. The summed E-state index contributed by atoms with van der Waals surface area (Å²) in [7, 11) is 0. The molecule has 0 radical (unpaired) electrons. The number of nitrogens with one attached hydrogen (secondary N) is 1. The number of rotatable bonds is 3. The lowest BCUT2D eigenvalue weighted by Crippen LogP contribution is -2.08. The number of benzene rings is 2. The molecule has 112 valence electrons. The van der Waals surface area contributed by atoms with E-state index in [2.05, 4.69) is 21.2 Å². The fourth-order valence-electron chi connectivity index (χ4n) is 1.87. The molecule has 0 spiro atoms. The Bertz CT molecular complexity index is 623. The lowest BCUT2D eigenvalue weighted by molar-refractivity contribution is -0.137. The zero-order chi connectivity index (χ0) is 15.6. The quantitative estimate of drug-likeness (QED) is 0.683. The second-order valence-corrected chi connectivity index (χ2v) is 5.47. The van der Waals surface area contributed by atoms with E-state index in [0.29, 0.717) is 10.2 Å². The molecule has 2 aromatic rings. The summed E-state index contributed by atoms with van der Waals surface area (Å²) in [4.78, 5) is 0. The molecule has 0 aromatic heterocycles. The average Bonchev–Trinajstić information content (AvgIpc) is 2.41. The Morgan fingerprint density at radius 1 is 1.05 bits per heavy atom. The van der Waals surface area contributed by atoms with Gasteiger partial charge in [-0.05, 0) is 64.8 Å². The van der Waals surface area contributed by atoms with Crippen molar-refractivity contribution in [3.63, 3.8) is 0 Å². The first kappa shape index (κ1) is 15.8. The maximum Gasteiger partial charge on any atom is 0.416 e. The van der Waals surface area contributed by atoms with Crippen LogP contribution in [-0.4, -0.2) is 0 Å². The average molecular weight is 362 g/mol. The van der Waals surface area contributed by atoms with E-state index in [1.807, 2.05) is 6.92 Å². The van der Waals surface area contributed by atoms with Crippen molar-refractivity contribution in [2.75, 3.05) is 5.32 Å². The minimum absolute atomic E-state index is 0.168. The molecule has 0 amide bonds. The van der Waals surface area contributed by atoms with Gasteiger partial charge in [-0.3, -0.25) is 0 Å². The van der Waals surface area contributed by atoms with Gasteiger partial charge in [0.15, 0.2) is 0 Å². The van der Waals surface area contributed by atoms with Crippen LogP contribution >= 0.6 is 15.9 Å². The Kier molecular flexibility index (Phi) is 4.56. The Morgan fingerprint density at radius 3 is 2.19 bits per heavy atom. The summed E-state index contributed by atoms with van der Waals surface area (Å²) in [5.41, 5.74) is 0.698. The number of halogens is 5. The van der Waals surface area contributed by atoms with E-state index in [4.69, 9.17) is 0 Å². The summed E-state index contributed by atoms with van der Waals surface area (Å²) in [5.74, 6) is -0.361. The molecule has 0 fully saturated rings. The monoisotopic (exact) mass is 361 g/mol. The molecule has 0 heterocycles. The van der Waals surface area contributed by atoms with Crippen molar-refractivity contribution in [1.82, 2.24) is 0 Å². The van der Waals surface area contributed by atoms with Crippen molar-refractivity contribution in [2.45, 2.75) is 19.1 Å². The van der Waals surface area contributed by atoms with Crippen LogP contribution in [0.1, 0.15) is 24.1 Å². The molecule has 1 atom stereocenters. The van der Waals surface area contributed by atoms with Gasteiger partial charge in [0.1, 0.15) is 5.82 Å². The van der Waals surface area contributed by atoms with Crippen molar-refractivity contribution in [1.29, 1.82) is 0 Å². The molecule has 0 aliphatic carbocycles. The molecule has 2 aromatic carbocycles. The van der Waals surface area contributed by atoms with Gasteiger partial charge in [-0.1, -0.05) is 6.07 Å². The largest absolute Gasteiger partial charge is 0.416 e. The molecule has 1 N–H and O–H groups in total. The molecule has 0 saturated carbocycles. The predicted molar refractivity (Wildman–Crippen MR) is 77.6 cm³/mol. The van der Waals surface area contributed by atoms with Crippen LogP contribution < -0.4 is 5.32 Å². The number of hydrogen-bond donors (Lipinski definition) is 1. The van der Waals surface area contributed by atoms with Gasteiger partial charge in [0, 0.05) is 11.7 Å². The molecule has 0 aliphatic heterocycles. The minimum Gasteiger partial charge on any atom is -0.379 e. The third kappa shape index (κ3) is 3.97. The van der Waals surface area contributed by atoms with E-state index in [1.54, 1.807) is 12.1 Å².